The molecule has 2 rings (SSSR count). The molecule has 2 aromatic rings. The number of nitrogens with two attached hydrogens (primary N) is 1. The standard InChI is InChI=1S/C14H10FNO2.C2H6/c15-12-5-3-9(4-6-12)13-7-10(14(16)18)1-2-11(13)8-17;1-2/h1-8H,(H2,16,18);1-2H3. The van der Waals surface area contributed by atoms with Crippen molar-refractivity contribution < 1.29 is 14.0 Å². The first-order valence-corrected chi connectivity index (χ1v) is 6.27. The van der Waals surface area contributed by atoms with Gasteiger partial charge in [-0.05, 0) is 35.4 Å². The first-order valence-electron chi connectivity index (χ1n) is 6.27. The lowest BCUT2D eigenvalue weighted by Gasteiger charge is -2.06. The van der Waals surface area contributed by atoms with E-state index in [2.05, 4.69) is 0 Å². The first-order chi connectivity index (χ1) is 9.61. The van der Waals surface area contributed by atoms with Crippen LogP contribution in [-0.4, -0.2) is 12.2 Å². The van der Waals surface area contributed by atoms with Gasteiger partial charge in [0.2, 0.25) is 5.91 Å². The molecule has 0 aliphatic carbocycles. The molecule has 0 heterocycles. The monoisotopic (exact) mass is 273 g/mol. The van der Waals surface area contributed by atoms with Gasteiger partial charge in [-0.25, -0.2) is 4.39 Å². The summed E-state index contributed by atoms with van der Waals surface area (Å²) in [5.74, 6) is -0.937. The third-order valence-electron chi connectivity index (χ3n) is 2.62. The number of primary amides is 1. The highest BCUT2D eigenvalue weighted by atomic mass is 19.1. The second-order valence-electron chi connectivity index (χ2n) is 3.79. The van der Waals surface area contributed by atoms with Crippen molar-refractivity contribution in [2.24, 2.45) is 5.73 Å². The van der Waals surface area contributed by atoms with Gasteiger partial charge < -0.3 is 5.73 Å². The summed E-state index contributed by atoms with van der Waals surface area (Å²) in [5, 5.41) is 0. The second-order valence-corrected chi connectivity index (χ2v) is 3.79. The van der Waals surface area contributed by atoms with Crippen molar-refractivity contribution in [1.82, 2.24) is 0 Å². The Morgan fingerprint density at radius 3 is 2.20 bits per heavy atom. The van der Waals surface area contributed by atoms with Gasteiger partial charge in [0, 0.05) is 11.1 Å². The lowest BCUT2D eigenvalue weighted by atomic mass is 9.97. The summed E-state index contributed by atoms with van der Waals surface area (Å²) in [4.78, 5) is 22.1. The fraction of sp³-hybridized carbons (Fsp3) is 0.125. The number of aldehydes is 1. The number of carbonyl (C=O) groups excluding carboxylic acids is 2. The Bertz CT molecular complexity index is 606. The normalized spacial score (nSPS) is 9.35. The molecule has 0 saturated carbocycles. The predicted octanol–water partition coefficient (Wildman–Crippen LogP) is 3.43. The summed E-state index contributed by atoms with van der Waals surface area (Å²) in [5.41, 5.74) is 7.13. The van der Waals surface area contributed by atoms with E-state index in [1.165, 1.54) is 30.3 Å². The molecule has 20 heavy (non-hydrogen) atoms. The van der Waals surface area contributed by atoms with Crippen molar-refractivity contribution >= 4 is 12.2 Å². The maximum absolute atomic E-state index is 12.8. The van der Waals surface area contributed by atoms with Crippen LogP contribution in [0.25, 0.3) is 11.1 Å². The van der Waals surface area contributed by atoms with E-state index in [0.717, 1.165) is 0 Å². The number of rotatable bonds is 3. The minimum atomic E-state index is -0.573. The first kappa shape index (κ1) is 15.6. The molecule has 0 aliphatic heterocycles. The molecule has 0 spiro atoms. The van der Waals surface area contributed by atoms with Gasteiger partial charge in [0.15, 0.2) is 6.29 Å². The van der Waals surface area contributed by atoms with Gasteiger partial charge in [-0.1, -0.05) is 32.0 Å². The molecule has 1 amide bonds. The maximum Gasteiger partial charge on any atom is 0.248 e. The van der Waals surface area contributed by atoms with Crippen LogP contribution in [0.15, 0.2) is 42.5 Å². The highest BCUT2D eigenvalue weighted by Gasteiger charge is 2.08. The van der Waals surface area contributed by atoms with E-state index in [1.54, 1.807) is 12.1 Å². The number of hydrogen-bond acceptors (Lipinski definition) is 2. The van der Waals surface area contributed by atoms with Crippen LogP contribution < -0.4 is 5.73 Å². The zero-order valence-electron chi connectivity index (χ0n) is 11.4. The second kappa shape index (κ2) is 7.19. The summed E-state index contributed by atoms with van der Waals surface area (Å²) < 4.78 is 12.8. The Morgan fingerprint density at radius 1 is 1.10 bits per heavy atom. The van der Waals surface area contributed by atoms with Crippen LogP contribution in [0.2, 0.25) is 0 Å². The molecule has 0 fully saturated rings. The predicted molar refractivity (Wildman–Crippen MR) is 77.1 cm³/mol. The topological polar surface area (TPSA) is 60.2 Å². The number of amides is 1. The molecular weight excluding hydrogens is 257 g/mol. The van der Waals surface area contributed by atoms with Crippen molar-refractivity contribution in [3.8, 4) is 11.1 Å². The zero-order valence-corrected chi connectivity index (χ0v) is 11.4. The molecule has 0 unspecified atom stereocenters. The molecule has 0 atom stereocenters. The SMILES string of the molecule is CC.NC(=O)c1ccc(C=O)c(-c2ccc(F)cc2)c1. The number of benzene rings is 2. The van der Waals surface area contributed by atoms with Gasteiger partial charge in [0.05, 0.1) is 0 Å². The van der Waals surface area contributed by atoms with E-state index >= 15 is 0 Å². The van der Waals surface area contributed by atoms with E-state index in [9.17, 15) is 14.0 Å². The summed E-state index contributed by atoms with van der Waals surface area (Å²) in [6.45, 7) is 4.00. The maximum atomic E-state index is 12.8. The number of hydrogen-bond donors (Lipinski definition) is 1. The van der Waals surface area contributed by atoms with Crippen molar-refractivity contribution in [3.05, 3.63) is 59.4 Å². The molecule has 0 saturated heterocycles. The van der Waals surface area contributed by atoms with Crippen LogP contribution in [0.3, 0.4) is 0 Å². The summed E-state index contributed by atoms with van der Waals surface area (Å²) in [6.07, 6.45) is 0.684. The van der Waals surface area contributed by atoms with Crippen LogP contribution in [0.1, 0.15) is 34.6 Å². The quantitative estimate of drug-likeness (QED) is 0.871. The fourth-order valence-electron chi connectivity index (χ4n) is 1.69. The Morgan fingerprint density at radius 2 is 1.70 bits per heavy atom. The summed E-state index contributed by atoms with van der Waals surface area (Å²) in [6, 6.07) is 10.2. The molecular formula is C16H16FNO2. The van der Waals surface area contributed by atoms with Crippen LogP contribution >= 0.6 is 0 Å². The number of halogens is 1. The zero-order chi connectivity index (χ0) is 15.1. The smallest absolute Gasteiger partial charge is 0.248 e. The van der Waals surface area contributed by atoms with Gasteiger partial charge in [0.1, 0.15) is 5.82 Å². The molecule has 2 N–H and O–H groups in total. The molecule has 0 aliphatic rings. The van der Waals surface area contributed by atoms with Gasteiger partial charge in [-0.2, -0.15) is 0 Å². The van der Waals surface area contributed by atoms with Gasteiger partial charge in [-0.3, -0.25) is 9.59 Å². The highest BCUT2D eigenvalue weighted by molar-refractivity contribution is 5.97. The van der Waals surface area contributed by atoms with E-state index < -0.39 is 5.91 Å². The molecule has 2 aromatic carbocycles. The Kier molecular flexibility index (Phi) is 5.59. The Hall–Kier alpha value is -2.49. The van der Waals surface area contributed by atoms with Gasteiger partial charge in [-0.15, -0.1) is 0 Å². The fourth-order valence-corrected chi connectivity index (χ4v) is 1.69. The van der Waals surface area contributed by atoms with Crippen molar-refractivity contribution in [2.75, 3.05) is 0 Å². The van der Waals surface area contributed by atoms with E-state index in [-0.39, 0.29) is 5.82 Å². The summed E-state index contributed by atoms with van der Waals surface area (Å²) in [7, 11) is 0. The molecule has 0 radical (unpaired) electrons. The van der Waals surface area contributed by atoms with Crippen LogP contribution in [-0.2, 0) is 0 Å². The van der Waals surface area contributed by atoms with Crippen LogP contribution in [0, 0.1) is 5.82 Å². The number of carbonyl (C=O) groups is 2. The van der Waals surface area contributed by atoms with Gasteiger partial charge >= 0.3 is 0 Å². The Balaban J connectivity index is 0.000000956. The van der Waals surface area contributed by atoms with Crippen molar-refractivity contribution in [1.29, 1.82) is 0 Å². The van der Waals surface area contributed by atoms with Crippen molar-refractivity contribution in [3.63, 3.8) is 0 Å². The molecule has 3 nitrogen and oxygen atoms in total. The largest absolute Gasteiger partial charge is 0.366 e. The highest BCUT2D eigenvalue weighted by Crippen LogP contribution is 2.24. The van der Waals surface area contributed by atoms with Crippen LogP contribution in [0.4, 0.5) is 4.39 Å². The third kappa shape index (κ3) is 3.51. The minimum Gasteiger partial charge on any atom is -0.366 e. The lowest BCUT2D eigenvalue weighted by Crippen LogP contribution is -2.11. The van der Waals surface area contributed by atoms with E-state index in [4.69, 9.17) is 5.73 Å². The molecule has 4 heteroatoms. The molecule has 0 aromatic heterocycles. The average Bonchev–Trinajstić information content (AvgIpc) is 2.49. The average molecular weight is 273 g/mol. The lowest BCUT2D eigenvalue weighted by molar-refractivity contribution is 0.0999. The molecule has 104 valence electrons. The van der Waals surface area contributed by atoms with Gasteiger partial charge in [0.25, 0.3) is 0 Å². The summed E-state index contributed by atoms with van der Waals surface area (Å²) >= 11 is 0. The minimum absolute atomic E-state index is 0.305. The van der Waals surface area contributed by atoms with Crippen LogP contribution in [0.5, 0.6) is 0 Å². The van der Waals surface area contributed by atoms with E-state index in [1.807, 2.05) is 13.8 Å². The van der Waals surface area contributed by atoms with E-state index in [0.29, 0.717) is 28.5 Å². The molecule has 0 bridgehead atoms. The Labute approximate surface area is 117 Å². The van der Waals surface area contributed by atoms with Crippen molar-refractivity contribution in [2.45, 2.75) is 13.8 Å². The third-order valence-corrected chi connectivity index (χ3v) is 2.62.